The summed E-state index contributed by atoms with van der Waals surface area (Å²) in [6.45, 7) is 2.36. The minimum atomic E-state index is -4.73. The fraction of sp³-hybridized carbons (Fsp3) is 0.278. The lowest BCUT2D eigenvalue weighted by Crippen LogP contribution is -2.32. The van der Waals surface area contributed by atoms with Gasteiger partial charge in [-0.25, -0.2) is 0 Å². The van der Waals surface area contributed by atoms with Gasteiger partial charge in [-0.3, -0.25) is 4.79 Å². The lowest BCUT2D eigenvalue weighted by atomic mass is 10.3. The first kappa shape index (κ1) is 22.4. The predicted octanol–water partition coefficient (Wildman–Crippen LogP) is 5.08. The van der Waals surface area contributed by atoms with Gasteiger partial charge in [-0.15, -0.1) is 34.7 Å². The number of nitrogens with one attached hydrogen (secondary N) is 2. The average molecular weight is 475 g/mol. The van der Waals surface area contributed by atoms with Crippen LogP contribution in [0.4, 0.5) is 24.0 Å². The lowest BCUT2D eigenvalue weighted by Gasteiger charge is -2.09. The highest BCUT2D eigenvalue weighted by Crippen LogP contribution is 2.31. The predicted molar refractivity (Wildman–Crippen MR) is 113 cm³/mol. The fourth-order valence-electron chi connectivity index (χ4n) is 2.28. The van der Waals surface area contributed by atoms with Crippen molar-refractivity contribution in [1.29, 1.82) is 0 Å². The average Bonchev–Trinajstić information content (AvgIpc) is 3.34. The van der Waals surface area contributed by atoms with E-state index < -0.39 is 6.36 Å². The van der Waals surface area contributed by atoms with Gasteiger partial charge in [-0.05, 0) is 49.1 Å². The molecule has 2 aromatic heterocycles. The molecule has 0 aliphatic rings. The Bertz CT molecular complexity index is 946. The molecule has 30 heavy (non-hydrogen) atoms. The number of hydrogen-bond donors (Lipinski definition) is 2. The summed E-state index contributed by atoms with van der Waals surface area (Å²) in [6.07, 6.45) is -3.94. The van der Waals surface area contributed by atoms with Gasteiger partial charge in [0, 0.05) is 17.1 Å². The molecule has 0 spiro atoms. The number of thiophene rings is 1. The molecule has 160 valence electrons. The zero-order valence-corrected chi connectivity index (χ0v) is 18.1. The molecule has 1 aromatic carbocycles. The number of nitrogens with zero attached hydrogens (tertiary/aromatic N) is 2. The zero-order chi connectivity index (χ0) is 21.6. The highest BCUT2D eigenvalue weighted by Gasteiger charge is 2.31. The van der Waals surface area contributed by atoms with Crippen LogP contribution in [0, 0.1) is 0 Å². The van der Waals surface area contributed by atoms with Crippen LogP contribution in [0.3, 0.4) is 0 Å². The van der Waals surface area contributed by atoms with Crippen molar-refractivity contribution >= 4 is 51.2 Å². The smallest absolute Gasteiger partial charge is 0.406 e. The largest absolute Gasteiger partial charge is 0.573 e. The summed E-state index contributed by atoms with van der Waals surface area (Å²) < 4.78 is 41.0. The summed E-state index contributed by atoms with van der Waals surface area (Å²) in [6, 6.07) is 9.30. The molecule has 3 rings (SSSR count). The minimum Gasteiger partial charge on any atom is -0.406 e. The van der Waals surface area contributed by atoms with Gasteiger partial charge in [0.25, 0.3) is 0 Å². The van der Waals surface area contributed by atoms with Crippen LogP contribution in [0.1, 0.15) is 11.8 Å². The Morgan fingerprint density at radius 3 is 2.67 bits per heavy atom. The molecule has 0 saturated heterocycles. The van der Waals surface area contributed by atoms with Gasteiger partial charge in [0.2, 0.25) is 11.0 Å². The Morgan fingerprint density at radius 2 is 2.00 bits per heavy atom. The molecule has 12 heteroatoms. The molecular weight excluding hydrogens is 457 g/mol. The molecular formula is C18H17F3N4O2S3. The first-order valence-corrected chi connectivity index (χ1v) is 11.3. The van der Waals surface area contributed by atoms with E-state index in [1.54, 1.807) is 18.3 Å². The molecule has 3 aromatic rings. The van der Waals surface area contributed by atoms with Gasteiger partial charge >= 0.3 is 6.36 Å². The van der Waals surface area contributed by atoms with E-state index in [-0.39, 0.29) is 16.9 Å². The number of hydrogen-bond acceptors (Lipinski definition) is 8. The molecule has 2 N–H and O–H groups in total. The van der Waals surface area contributed by atoms with E-state index in [2.05, 4.69) is 25.6 Å². The summed E-state index contributed by atoms with van der Waals surface area (Å²) in [4.78, 5) is 13.4. The number of alkyl halides is 3. The molecule has 0 bridgehead atoms. The van der Waals surface area contributed by atoms with E-state index in [9.17, 15) is 18.0 Å². The molecule has 6 nitrogen and oxygen atoms in total. The normalized spacial score (nSPS) is 12.4. The van der Waals surface area contributed by atoms with E-state index in [4.69, 9.17) is 0 Å². The van der Waals surface area contributed by atoms with Crippen molar-refractivity contribution in [3.05, 3.63) is 46.7 Å². The zero-order valence-electron chi connectivity index (χ0n) is 15.6. The molecule has 0 saturated carbocycles. The lowest BCUT2D eigenvalue weighted by molar-refractivity contribution is -0.274. The Morgan fingerprint density at radius 1 is 1.23 bits per heavy atom. The molecule has 0 aliphatic heterocycles. The minimum absolute atomic E-state index is 0.0819. The second-order valence-corrected chi connectivity index (χ2v) is 9.55. The van der Waals surface area contributed by atoms with Gasteiger partial charge in [0.1, 0.15) is 5.75 Å². The van der Waals surface area contributed by atoms with Crippen LogP contribution in [-0.2, 0) is 11.2 Å². The molecule has 1 amide bonds. The van der Waals surface area contributed by atoms with E-state index in [0.29, 0.717) is 21.7 Å². The van der Waals surface area contributed by atoms with Crippen LogP contribution in [0.2, 0.25) is 0 Å². The van der Waals surface area contributed by atoms with Gasteiger partial charge in [0.05, 0.1) is 5.25 Å². The van der Waals surface area contributed by atoms with Crippen LogP contribution in [-0.4, -0.2) is 34.3 Å². The number of carbonyl (C=O) groups excluding carboxylic acids is 1. The third-order valence-electron chi connectivity index (χ3n) is 3.64. The summed E-state index contributed by atoms with van der Waals surface area (Å²) in [5.74, 6) is -0.387. The standard InChI is InChI=1S/C18H17F3N4O2S3/c1-11(15(26)22-9-8-14-3-2-10-28-14)29-17-25-24-16(30-17)23-12-4-6-13(7-5-12)27-18(19,20)21/h2-7,10-11H,8-9H2,1H3,(H,22,26)(H,23,24). The Labute approximate surface area is 182 Å². The highest BCUT2D eigenvalue weighted by molar-refractivity contribution is 8.02. The van der Waals surface area contributed by atoms with Crippen molar-refractivity contribution in [3.8, 4) is 5.75 Å². The van der Waals surface area contributed by atoms with Crippen molar-refractivity contribution < 1.29 is 22.7 Å². The van der Waals surface area contributed by atoms with Crippen LogP contribution in [0.5, 0.6) is 5.75 Å². The summed E-state index contributed by atoms with van der Waals surface area (Å²) >= 11 is 4.19. The molecule has 1 unspecified atom stereocenters. The first-order chi connectivity index (χ1) is 14.3. The highest BCUT2D eigenvalue weighted by atomic mass is 32.2. The molecule has 0 radical (unpaired) electrons. The maximum Gasteiger partial charge on any atom is 0.573 e. The second-order valence-electron chi connectivity index (χ2n) is 5.95. The van der Waals surface area contributed by atoms with Crippen molar-refractivity contribution in [2.45, 2.75) is 29.3 Å². The van der Waals surface area contributed by atoms with Crippen molar-refractivity contribution in [2.24, 2.45) is 0 Å². The van der Waals surface area contributed by atoms with Crippen molar-refractivity contribution in [2.75, 3.05) is 11.9 Å². The number of amides is 1. The summed E-state index contributed by atoms with van der Waals surface area (Å²) in [7, 11) is 0. The molecule has 0 aliphatic carbocycles. The Kier molecular flexibility index (Phi) is 7.56. The number of thioether (sulfide) groups is 1. The number of anilines is 2. The number of benzene rings is 1. The second kappa shape index (κ2) is 10.1. The third kappa shape index (κ3) is 7.18. The molecule has 1 atom stereocenters. The first-order valence-electron chi connectivity index (χ1n) is 8.71. The topological polar surface area (TPSA) is 76.1 Å². The summed E-state index contributed by atoms with van der Waals surface area (Å²) in [5, 5.41) is 16.0. The molecule has 0 fully saturated rings. The monoisotopic (exact) mass is 474 g/mol. The SMILES string of the molecule is CC(Sc1nnc(Nc2ccc(OC(F)(F)F)cc2)s1)C(=O)NCCc1cccs1. The van der Waals surface area contributed by atoms with Crippen LogP contribution < -0.4 is 15.4 Å². The number of rotatable bonds is 9. The van der Waals surface area contributed by atoms with Crippen LogP contribution in [0.15, 0.2) is 46.1 Å². The molecule has 2 heterocycles. The quantitative estimate of drug-likeness (QED) is 0.421. The van der Waals surface area contributed by atoms with Gasteiger partial charge in [0.15, 0.2) is 4.34 Å². The van der Waals surface area contributed by atoms with Crippen molar-refractivity contribution in [3.63, 3.8) is 0 Å². The Balaban J connectivity index is 1.46. The fourth-order valence-corrected chi connectivity index (χ4v) is 4.93. The number of ether oxygens (including phenoxy) is 1. The maximum atomic E-state index is 12.2. The van der Waals surface area contributed by atoms with Crippen molar-refractivity contribution in [1.82, 2.24) is 15.5 Å². The van der Waals surface area contributed by atoms with Crippen LogP contribution in [0.25, 0.3) is 0 Å². The van der Waals surface area contributed by atoms with Crippen LogP contribution >= 0.6 is 34.4 Å². The van der Waals surface area contributed by atoms with E-state index in [1.165, 1.54) is 52.2 Å². The van der Waals surface area contributed by atoms with Gasteiger partial charge in [-0.2, -0.15) is 0 Å². The maximum absolute atomic E-state index is 12.2. The number of halogens is 3. The van der Waals surface area contributed by atoms with E-state index in [1.807, 2.05) is 17.5 Å². The number of carbonyl (C=O) groups is 1. The number of aromatic nitrogens is 2. The van der Waals surface area contributed by atoms with E-state index >= 15 is 0 Å². The van der Waals surface area contributed by atoms with E-state index in [0.717, 1.165) is 6.42 Å². The van der Waals surface area contributed by atoms with Gasteiger partial charge < -0.3 is 15.4 Å². The van der Waals surface area contributed by atoms with Gasteiger partial charge in [-0.1, -0.05) is 29.2 Å². The third-order valence-corrected chi connectivity index (χ3v) is 6.60. The summed E-state index contributed by atoms with van der Waals surface area (Å²) in [5.41, 5.74) is 0.539. The Hall–Kier alpha value is -2.31.